The standard InChI is InChI=1S/C20H19N5O3/c1-10(11-2-3-11)24-8-13-6-12(4-5-14(13)19(24)26)16-7-22-18-17(21)23-15(20(27)28)9-25(16)18/h4-7,9-11H,2-3,8H2,1H3,(H2,21,23)(H,27,28)/t10-/m0/s1. The summed E-state index contributed by atoms with van der Waals surface area (Å²) in [4.78, 5) is 34.2. The molecule has 8 nitrogen and oxygen atoms in total. The second-order valence-electron chi connectivity index (χ2n) is 7.54. The van der Waals surface area contributed by atoms with Crippen LogP contribution in [0.25, 0.3) is 16.9 Å². The van der Waals surface area contributed by atoms with Crippen LogP contribution in [0, 0.1) is 5.92 Å². The van der Waals surface area contributed by atoms with E-state index in [9.17, 15) is 14.7 Å². The number of carboxylic acid groups (broad SMARTS) is 1. The minimum Gasteiger partial charge on any atom is -0.476 e. The van der Waals surface area contributed by atoms with Crippen LogP contribution in [0.4, 0.5) is 5.82 Å². The van der Waals surface area contributed by atoms with Crippen molar-refractivity contribution >= 4 is 23.3 Å². The van der Waals surface area contributed by atoms with Crippen LogP contribution < -0.4 is 5.73 Å². The van der Waals surface area contributed by atoms with Crippen LogP contribution in [0.1, 0.15) is 46.2 Å². The lowest BCUT2D eigenvalue weighted by Gasteiger charge is -2.23. The number of fused-ring (bicyclic) bond motifs is 2. The van der Waals surface area contributed by atoms with E-state index in [1.54, 1.807) is 10.6 Å². The number of aromatic carboxylic acids is 1. The van der Waals surface area contributed by atoms with Crippen molar-refractivity contribution in [3.63, 3.8) is 0 Å². The Balaban J connectivity index is 1.56. The molecular formula is C20H19N5O3. The number of anilines is 1. The van der Waals surface area contributed by atoms with Gasteiger partial charge < -0.3 is 15.7 Å². The van der Waals surface area contributed by atoms with Crippen molar-refractivity contribution in [3.8, 4) is 11.3 Å². The van der Waals surface area contributed by atoms with E-state index in [1.807, 2.05) is 23.1 Å². The molecule has 3 heterocycles. The van der Waals surface area contributed by atoms with Crippen LogP contribution in [-0.4, -0.2) is 42.3 Å². The van der Waals surface area contributed by atoms with Gasteiger partial charge in [0.25, 0.3) is 5.91 Å². The van der Waals surface area contributed by atoms with Gasteiger partial charge in [0.2, 0.25) is 0 Å². The third-order valence-corrected chi connectivity index (χ3v) is 5.77. The van der Waals surface area contributed by atoms with Gasteiger partial charge in [0.1, 0.15) is 0 Å². The first-order chi connectivity index (χ1) is 13.4. The summed E-state index contributed by atoms with van der Waals surface area (Å²) in [5.74, 6) is -0.397. The van der Waals surface area contributed by atoms with Crippen molar-refractivity contribution in [1.29, 1.82) is 0 Å². The molecule has 2 aromatic heterocycles. The molecule has 5 rings (SSSR count). The number of carbonyl (C=O) groups is 2. The Morgan fingerprint density at radius 1 is 1.36 bits per heavy atom. The molecule has 0 unspecified atom stereocenters. The molecule has 3 N–H and O–H groups in total. The summed E-state index contributed by atoms with van der Waals surface area (Å²) in [6.45, 7) is 2.72. The van der Waals surface area contributed by atoms with Gasteiger partial charge in [-0.25, -0.2) is 14.8 Å². The maximum Gasteiger partial charge on any atom is 0.356 e. The summed E-state index contributed by atoms with van der Waals surface area (Å²) < 4.78 is 1.63. The van der Waals surface area contributed by atoms with E-state index in [2.05, 4.69) is 16.9 Å². The lowest BCUT2D eigenvalue weighted by molar-refractivity contribution is 0.0684. The number of carboxylic acids is 1. The fraction of sp³-hybridized carbons (Fsp3) is 0.300. The Kier molecular flexibility index (Phi) is 3.46. The molecule has 28 heavy (non-hydrogen) atoms. The van der Waals surface area contributed by atoms with Gasteiger partial charge >= 0.3 is 5.97 Å². The van der Waals surface area contributed by atoms with E-state index in [4.69, 9.17) is 5.73 Å². The minimum atomic E-state index is -1.16. The third-order valence-electron chi connectivity index (χ3n) is 5.77. The number of benzene rings is 1. The largest absolute Gasteiger partial charge is 0.476 e. The number of carbonyl (C=O) groups excluding carboxylic acids is 1. The number of rotatable bonds is 4. The summed E-state index contributed by atoms with van der Waals surface area (Å²) >= 11 is 0. The first-order valence-electron chi connectivity index (χ1n) is 9.25. The molecule has 0 radical (unpaired) electrons. The number of amides is 1. The molecule has 0 saturated heterocycles. The van der Waals surface area contributed by atoms with Gasteiger partial charge in [-0.15, -0.1) is 0 Å². The Bertz CT molecular complexity index is 1150. The fourth-order valence-corrected chi connectivity index (χ4v) is 3.99. The molecule has 1 aliphatic carbocycles. The van der Waals surface area contributed by atoms with Gasteiger partial charge in [-0.3, -0.25) is 9.20 Å². The zero-order valence-corrected chi connectivity index (χ0v) is 15.3. The van der Waals surface area contributed by atoms with E-state index in [1.165, 1.54) is 19.0 Å². The highest BCUT2D eigenvalue weighted by atomic mass is 16.4. The molecule has 1 fully saturated rings. The fourth-order valence-electron chi connectivity index (χ4n) is 3.99. The SMILES string of the molecule is C[C@@H](C1CC1)N1Cc2cc(-c3cnc4c(N)nc(C(=O)O)cn34)ccc2C1=O. The second kappa shape index (κ2) is 5.79. The average Bonchev–Trinajstić information content (AvgIpc) is 3.35. The minimum absolute atomic E-state index is 0.0620. The van der Waals surface area contributed by atoms with Gasteiger partial charge in [0, 0.05) is 29.9 Å². The van der Waals surface area contributed by atoms with Crippen LogP contribution >= 0.6 is 0 Å². The highest BCUT2D eigenvalue weighted by Crippen LogP contribution is 2.39. The van der Waals surface area contributed by atoms with E-state index in [0.717, 1.165) is 16.7 Å². The van der Waals surface area contributed by atoms with Crippen LogP contribution in [0.5, 0.6) is 0 Å². The maximum absolute atomic E-state index is 12.8. The Morgan fingerprint density at radius 2 is 2.14 bits per heavy atom. The zero-order valence-electron chi connectivity index (χ0n) is 15.3. The molecule has 8 heteroatoms. The molecule has 1 amide bonds. The predicted molar refractivity (Wildman–Crippen MR) is 102 cm³/mol. The van der Waals surface area contributed by atoms with Gasteiger partial charge in [-0.05, 0) is 43.4 Å². The van der Waals surface area contributed by atoms with E-state index in [-0.39, 0.29) is 23.5 Å². The number of hydrogen-bond donors (Lipinski definition) is 2. The second-order valence-corrected chi connectivity index (χ2v) is 7.54. The molecule has 1 aromatic carbocycles. The highest BCUT2D eigenvalue weighted by Gasteiger charge is 2.38. The molecule has 3 aromatic rings. The zero-order chi connectivity index (χ0) is 19.6. The predicted octanol–water partition coefficient (Wildman–Crippen LogP) is 2.43. The molecule has 142 valence electrons. The van der Waals surface area contributed by atoms with Gasteiger partial charge in [-0.2, -0.15) is 0 Å². The van der Waals surface area contributed by atoms with E-state index >= 15 is 0 Å². The van der Waals surface area contributed by atoms with Gasteiger partial charge in [-0.1, -0.05) is 6.07 Å². The number of aromatic nitrogens is 3. The maximum atomic E-state index is 12.8. The molecule has 1 saturated carbocycles. The number of nitrogens with two attached hydrogens (primary N) is 1. The molecular weight excluding hydrogens is 358 g/mol. The van der Waals surface area contributed by atoms with Crippen molar-refractivity contribution in [2.75, 3.05) is 5.73 Å². The third kappa shape index (κ3) is 2.45. The van der Waals surface area contributed by atoms with Crippen molar-refractivity contribution in [2.45, 2.75) is 32.4 Å². The summed E-state index contributed by atoms with van der Waals surface area (Å²) in [7, 11) is 0. The van der Waals surface area contributed by atoms with Crippen LogP contribution in [0.15, 0.2) is 30.6 Å². The van der Waals surface area contributed by atoms with Crippen LogP contribution in [0.2, 0.25) is 0 Å². The number of nitrogen functional groups attached to an aromatic ring is 1. The van der Waals surface area contributed by atoms with Crippen LogP contribution in [0.3, 0.4) is 0 Å². The first-order valence-corrected chi connectivity index (χ1v) is 9.25. The Hall–Kier alpha value is -3.42. The molecule has 1 aliphatic heterocycles. The topological polar surface area (TPSA) is 114 Å². The Morgan fingerprint density at radius 3 is 2.86 bits per heavy atom. The summed E-state index contributed by atoms with van der Waals surface area (Å²) in [6.07, 6.45) is 5.43. The van der Waals surface area contributed by atoms with E-state index < -0.39 is 5.97 Å². The number of imidazole rings is 1. The van der Waals surface area contributed by atoms with Gasteiger partial charge in [0.05, 0.1) is 11.9 Å². The summed E-state index contributed by atoms with van der Waals surface area (Å²) in [5, 5.41) is 9.26. The summed E-state index contributed by atoms with van der Waals surface area (Å²) in [6, 6.07) is 5.94. The van der Waals surface area contributed by atoms with E-state index in [0.29, 0.717) is 23.8 Å². The number of hydrogen-bond acceptors (Lipinski definition) is 5. The lowest BCUT2D eigenvalue weighted by atomic mass is 10.0. The quantitative estimate of drug-likeness (QED) is 0.722. The van der Waals surface area contributed by atoms with Crippen molar-refractivity contribution in [1.82, 2.24) is 19.3 Å². The van der Waals surface area contributed by atoms with Gasteiger partial charge in [0.15, 0.2) is 17.2 Å². The monoisotopic (exact) mass is 377 g/mol. The molecule has 0 bridgehead atoms. The van der Waals surface area contributed by atoms with Crippen molar-refractivity contribution in [2.24, 2.45) is 5.92 Å². The molecule has 0 spiro atoms. The molecule has 2 aliphatic rings. The van der Waals surface area contributed by atoms with Crippen molar-refractivity contribution < 1.29 is 14.7 Å². The number of nitrogens with zero attached hydrogens (tertiary/aromatic N) is 4. The van der Waals surface area contributed by atoms with Crippen LogP contribution in [-0.2, 0) is 6.54 Å². The average molecular weight is 377 g/mol. The Labute approximate surface area is 160 Å². The first kappa shape index (κ1) is 16.7. The smallest absolute Gasteiger partial charge is 0.356 e. The lowest BCUT2D eigenvalue weighted by Crippen LogP contribution is -2.34. The summed E-state index contributed by atoms with van der Waals surface area (Å²) in [5.41, 5.74) is 9.39. The normalized spacial score (nSPS) is 17.2. The highest BCUT2D eigenvalue weighted by molar-refractivity contribution is 5.99. The van der Waals surface area contributed by atoms with Crippen molar-refractivity contribution in [3.05, 3.63) is 47.4 Å². The molecule has 1 atom stereocenters.